The van der Waals surface area contributed by atoms with E-state index in [1.807, 2.05) is 24.3 Å². The monoisotopic (exact) mass is 500 g/mol. The third kappa shape index (κ3) is 3.68. The highest BCUT2D eigenvalue weighted by molar-refractivity contribution is 8.00. The maximum Gasteiger partial charge on any atom is 0.305 e. The molecule has 2 bridgehead atoms. The van der Waals surface area contributed by atoms with Crippen LogP contribution in [0.5, 0.6) is 5.75 Å². The zero-order valence-corrected chi connectivity index (χ0v) is 19.9. The number of fused-ring (bicyclic) bond motifs is 6. The normalized spacial score (nSPS) is 27.2. The molecule has 4 unspecified atom stereocenters. The van der Waals surface area contributed by atoms with Crippen molar-refractivity contribution >= 4 is 40.4 Å². The molecule has 2 aliphatic carbocycles. The van der Waals surface area contributed by atoms with Gasteiger partial charge in [0.2, 0.25) is 0 Å². The van der Waals surface area contributed by atoms with Gasteiger partial charge in [0.05, 0.1) is 9.95 Å². The molecule has 0 radical (unpaired) electrons. The van der Waals surface area contributed by atoms with Gasteiger partial charge in [0.15, 0.2) is 0 Å². The fraction of sp³-hybridized carbons (Fsp3) is 0.375. The summed E-state index contributed by atoms with van der Waals surface area (Å²) in [6.45, 7) is 0.309. The number of thiazole rings is 1. The van der Waals surface area contributed by atoms with Gasteiger partial charge >= 0.3 is 4.87 Å². The summed E-state index contributed by atoms with van der Waals surface area (Å²) in [7, 11) is 0. The van der Waals surface area contributed by atoms with E-state index in [-0.39, 0.29) is 21.4 Å². The lowest BCUT2D eigenvalue weighted by Gasteiger charge is -2.40. The van der Waals surface area contributed by atoms with Crippen LogP contribution in [0, 0.1) is 27.9 Å². The second kappa shape index (κ2) is 8.18. The summed E-state index contributed by atoms with van der Waals surface area (Å²) >= 11 is 9.16. The minimum atomic E-state index is -0.361. The molecule has 2 aromatic carbocycles. The zero-order chi connectivity index (χ0) is 22.7. The molecule has 2 heterocycles. The van der Waals surface area contributed by atoms with E-state index < -0.39 is 0 Å². The number of aromatic amines is 1. The molecule has 2 fully saturated rings. The molecule has 6 rings (SSSR count). The minimum Gasteiger partial charge on any atom is -0.489 e. The molecule has 2 saturated carbocycles. The van der Waals surface area contributed by atoms with E-state index in [0.717, 1.165) is 21.0 Å². The summed E-state index contributed by atoms with van der Waals surface area (Å²) in [5, 5.41) is 13.6. The van der Waals surface area contributed by atoms with Crippen LogP contribution in [0.4, 0.5) is 5.69 Å². The number of H-pyrrole nitrogens is 1. The van der Waals surface area contributed by atoms with Crippen molar-refractivity contribution in [1.29, 1.82) is 0 Å². The maximum absolute atomic E-state index is 12.3. The van der Waals surface area contributed by atoms with Crippen molar-refractivity contribution in [3.63, 3.8) is 0 Å². The molecule has 5 atom stereocenters. The number of benzene rings is 2. The van der Waals surface area contributed by atoms with Crippen molar-refractivity contribution in [2.75, 3.05) is 0 Å². The van der Waals surface area contributed by atoms with Crippen LogP contribution in [0.3, 0.4) is 0 Å². The van der Waals surface area contributed by atoms with E-state index in [1.165, 1.54) is 36.7 Å². The Labute approximate surface area is 203 Å². The molecule has 33 heavy (non-hydrogen) atoms. The molecule has 0 saturated heterocycles. The molecule has 0 spiro atoms. The lowest BCUT2D eigenvalue weighted by molar-refractivity contribution is -0.385. The third-order valence-corrected chi connectivity index (χ3v) is 10.1. The predicted molar refractivity (Wildman–Crippen MR) is 130 cm³/mol. The highest BCUT2D eigenvalue weighted by atomic mass is 35.5. The van der Waals surface area contributed by atoms with E-state index in [4.69, 9.17) is 16.3 Å². The van der Waals surface area contributed by atoms with Crippen molar-refractivity contribution in [2.24, 2.45) is 17.8 Å². The van der Waals surface area contributed by atoms with Gasteiger partial charge in [0.1, 0.15) is 12.4 Å². The highest BCUT2D eigenvalue weighted by Crippen LogP contribution is 2.64. The van der Waals surface area contributed by atoms with Crippen molar-refractivity contribution < 1.29 is 9.66 Å². The summed E-state index contributed by atoms with van der Waals surface area (Å²) in [5.74, 6) is 2.11. The Balaban J connectivity index is 1.45. The first-order valence-electron chi connectivity index (χ1n) is 11.0. The number of nitro groups is 1. The first-order valence-corrected chi connectivity index (χ1v) is 13.1. The Morgan fingerprint density at radius 2 is 2.03 bits per heavy atom. The van der Waals surface area contributed by atoms with Crippen molar-refractivity contribution in [3.8, 4) is 5.75 Å². The third-order valence-electron chi connectivity index (χ3n) is 7.29. The van der Waals surface area contributed by atoms with E-state index >= 15 is 0 Å². The average molecular weight is 501 g/mol. The Morgan fingerprint density at radius 1 is 1.18 bits per heavy atom. The molecular weight excluding hydrogens is 480 g/mol. The number of hydrogen-bond donors (Lipinski definition) is 1. The molecule has 3 aliphatic rings. The van der Waals surface area contributed by atoms with Crippen molar-refractivity contribution in [3.05, 3.63) is 83.3 Å². The first kappa shape index (κ1) is 21.3. The fourth-order valence-corrected chi connectivity index (χ4v) is 9.11. The van der Waals surface area contributed by atoms with Gasteiger partial charge in [-0.1, -0.05) is 35.1 Å². The molecule has 9 heteroatoms. The number of non-ortho nitro benzene ring substituents is 1. The number of nitrogens with zero attached hydrogens (tertiary/aromatic N) is 1. The van der Waals surface area contributed by atoms with Crippen LogP contribution in [0.15, 0.2) is 52.3 Å². The Morgan fingerprint density at radius 3 is 2.85 bits per heavy atom. The molecule has 1 N–H and O–H groups in total. The molecule has 170 valence electrons. The van der Waals surface area contributed by atoms with E-state index in [0.29, 0.717) is 40.4 Å². The van der Waals surface area contributed by atoms with Crippen LogP contribution in [0.2, 0.25) is 5.02 Å². The van der Waals surface area contributed by atoms with Crippen LogP contribution in [-0.2, 0) is 6.61 Å². The van der Waals surface area contributed by atoms with Gasteiger partial charge in [-0.05, 0) is 60.8 Å². The number of nitrogens with one attached hydrogen (secondary N) is 1. The van der Waals surface area contributed by atoms with Crippen LogP contribution in [-0.4, -0.2) is 15.2 Å². The van der Waals surface area contributed by atoms with Crippen molar-refractivity contribution in [2.45, 2.75) is 42.1 Å². The van der Waals surface area contributed by atoms with Gasteiger partial charge in [-0.2, -0.15) is 0 Å². The Kier molecular flexibility index (Phi) is 5.27. The molecule has 1 aliphatic heterocycles. The van der Waals surface area contributed by atoms with Crippen LogP contribution >= 0.6 is 34.7 Å². The quantitative estimate of drug-likeness (QED) is 0.331. The molecular formula is C24H21ClN2O4S2. The fourth-order valence-electron chi connectivity index (χ4n) is 6.01. The molecule has 0 amide bonds. The molecule has 1 aromatic heterocycles. The standard InChI is InChI=1S/C24H21ClN2O4S2/c25-15-3-1-2-12(8-15)11-31-18-7-6-16(27(29)30)10-17(18)20-19-13-4-5-14(9-13)21(19)32-23-22(20)33-24(28)26-23/h1-3,6-8,10,13-14,19-21H,4-5,9,11H2,(H,26,28)/t13?,14?,19?,20-,21?/m1/s1. The number of rotatable bonds is 5. The average Bonchev–Trinajstić information content (AvgIpc) is 3.50. The largest absolute Gasteiger partial charge is 0.489 e. The highest BCUT2D eigenvalue weighted by Gasteiger charge is 2.55. The van der Waals surface area contributed by atoms with Gasteiger partial charge in [-0.3, -0.25) is 14.9 Å². The van der Waals surface area contributed by atoms with Crippen LogP contribution in [0.25, 0.3) is 0 Å². The van der Waals surface area contributed by atoms with E-state index in [2.05, 4.69) is 4.98 Å². The van der Waals surface area contributed by atoms with E-state index in [9.17, 15) is 14.9 Å². The topological polar surface area (TPSA) is 85.2 Å². The predicted octanol–water partition coefficient (Wildman–Crippen LogP) is 6.23. The SMILES string of the molecule is O=c1[nH]c2c(s1)[C@H](c1cc([N+](=O)[O-])ccc1OCc1cccc(Cl)c1)C1C3CCC(C3)C1S2. The summed E-state index contributed by atoms with van der Waals surface area (Å²) in [6, 6.07) is 12.3. The smallest absolute Gasteiger partial charge is 0.305 e. The van der Waals surface area contributed by atoms with E-state index in [1.54, 1.807) is 23.9 Å². The summed E-state index contributed by atoms with van der Waals surface area (Å²) < 4.78 is 6.24. The number of ether oxygens (including phenoxy) is 1. The zero-order valence-electron chi connectivity index (χ0n) is 17.5. The number of hydrogen-bond acceptors (Lipinski definition) is 6. The molecule has 6 nitrogen and oxygen atoms in total. The second-order valence-corrected chi connectivity index (χ2v) is 11.7. The number of thioether (sulfide) groups is 1. The summed E-state index contributed by atoms with van der Waals surface area (Å²) in [4.78, 5) is 27.6. The number of nitro benzene ring substituents is 1. The Bertz CT molecular complexity index is 1310. The maximum atomic E-state index is 12.3. The number of halogens is 1. The van der Waals surface area contributed by atoms with Gasteiger partial charge in [-0.25, -0.2) is 0 Å². The summed E-state index contributed by atoms with van der Waals surface area (Å²) in [6.07, 6.45) is 3.61. The lowest BCUT2D eigenvalue weighted by Crippen LogP contribution is -2.33. The first-order chi connectivity index (χ1) is 16.0. The minimum absolute atomic E-state index is 0.0440. The summed E-state index contributed by atoms with van der Waals surface area (Å²) in [5.41, 5.74) is 1.78. The van der Waals surface area contributed by atoms with Gasteiger partial charge in [0.25, 0.3) is 5.69 Å². The number of aromatic nitrogens is 1. The van der Waals surface area contributed by atoms with Gasteiger partial charge < -0.3 is 9.72 Å². The molecule has 3 aromatic rings. The lowest BCUT2D eigenvalue weighted by atomic mass is 9.74. The second-order valence-electron chi connectivity index (χ2n) is 9.08. The van der Waals surface area contributed by atoms with Crippen LogP contribution in [0.1, 0.15) is 41.2 Å². The van der Waals surface area contributed by atoms with Gasteiger partial charge in [-0.15, -0.1) is 11.8 Å². The van der Waals surface area contributed by atoms with Gasteiger partial charge in [0, 0.05) is 38.8 Å². The Hall–Kier alpha value is -2.29. The van der Waals surface area contributed by atoms with Crippen LogP contribution < -0.4 is 9.61 Å². The van der Waals surface area contributed by atoms with Crippen molar-refractivity contribution in [1.82, 2.24) is 4.98 Å².